The van der Waals surface area contributed by atoms with E-state index in [0.29, 0.717) is 28.8 Å². The number of nitrogens with one attached hydrogen (secondary N) is 1. The van der Waals surface area contributed by atoms with Crippen LogP contribution in [0.2, 0.25) is 0 Å². The van der Waals surface area contributed by atoms with E-state index in [2.05, 4.69) is 16.9 Å². The molecule has 2 aromatic rings. The van der Waals surface area contributed by atoms with Gasteiger partial charge in [0.2, 0.25) is 0 Å². The molecule has 0 saturated carbocycles. The van der Waals surface area contributed by atoms with Crippen LogP contribution in [0, 0.1) is 17.0 Å². The maximum atomic E-state index is 12.5. The van der Waals surface area contributed by atoms with Crippen LogP contribution in [0.3, 0.4) is 0 Å². The van der Waals surface area contributed by atoms with Crippen molar-refractivity contribution < 1.29 is 9.66 Å². The summed E-state index contributed by atoms with van der Waals surface area (Å²) in [6.45, 7) is 6.37. The van der Waals surface area contributed by atoms with Gasteiger partial charge in [0.15, 0.2) is 5.16 Å². The van der Waals surface area contributed by atoms with Crippen molar-refractivity contribution >= 4 is 17.4 Å². The van der Waals surface area contributed by atoms with Crippen LogP contribution in [0.4, 0.5) is 5.69 Å². The molecule has 1 aromatic heterocycles. The first-order valence-corrected chi connectivity index (χ1v) is 11.1. The topological polar surface area (TPSA) is 98.1 Å². The van der Waals surface area contributed by atoms with E-state index in [1.54, 1.807) is 6.07 Å². The summed E-state index contributed by atoms with van der Waals surface area (Å²) in [7, 11) is 0. The summed E-state index contributed by atoms with van der Waals surface area (Å²) in [5, 5.41) is 11.6. The van der Waals surface area contributed by atoms with Crippen LogP contribution in [0.25, 0.3) is 0 Å². The number of aryl methyl sites for hydroxylation is 1. The third-order valence-corrected chi connectivity index (χ3v) is 5.57. The number of aromatic nitrogens is 2. The summed E-state index contributed by atoms with van der Waals surface area (Å²) in [5.41, 5.74) is 2.11. The van der Waals surface area contributed by atoms with Gasteiger partial charge in [-0.3, -0.25) is 14.9 Å². The fraction of sp³-hybridized carbons (Fsp3) is 0.524. The summed E-state index contributed by atoms with van der Waals surface area (Å²) >= 11 is 1.34. The molecule has 2 rings (SSSR count). The van der Waals surface area contributed by atoms with Crippen LogP contribution < -0.4 is 10.3 Å². The number of benzene rings is 1. The minimum atomic E-state index is -0.427. The number of ether oxygens (including phenoxy) is 1. The van der Waals surface area contributed by atoms with E-state index in [0.717, 1.165) is 30.5 Å². The Hall–Kier alpha value is -2.35. The van der Waals surface area contributed by atoms with Gasteiger partial charge >= 0.3 is 0 Å². The maximum absolute atomic E-state index is 12.5. The Balaban J connectivity index is 2.08. The second kappa shape index (κ2) is 11.6. The molecule has 1 N–H and O–H groups in total. The van der Waals surface area contributed by atoms with Gasteiger partial charge in [0.05, 0.1) is 11.5 Å². The first kappa shape index (κ1) is 22.9. The van der Waals surface area contributed by atoms with Crippen molar-refractivity contribution in [2.45, 2.75) is 70.2 Å². The molecule has 0 aliphatic rings. The largest absolute Gasteiger partial charge is 0.494 e. The molecule has 29 heavy (non-hydrogen) atoms. The second-order valence-electron chi connectivity index (χ2n) is 6.87. The predicted molar refractivity (Wildman–Crippen MR) is 116 cm³/mol. The van der Waals surface area contributed by atoms with Gasteiger partial charge in [-0.1, -0.05) is 44.4 Å². The van der Waals surface area contributed by atoms with Gasteiger partial charge in [0, 0.05) is 34.7 Å². The fourth-order valence-corrected chi connectivity index (χ4v) is 3.97. The van der Waals surface area contributed by atoms with Crippen LogP contribution in [0.5, 0.6) is 5.75 Å². The Bertz CT molecular complexity index is 883. The van der Waals surface area contributed by atoms with Crippen molar-refractivity contribution in [2.75, 3.05) is 6.61 Å². The molecule has 0 aliphatic carbocycles. The highest BCUT2D eigenvalue weighted by atomic mass is 32.2. The lowest BCUT2D eigenvalue weighted by Gasteiger charge is -2.10. The minimum absolute atomic E-state index is 0.0140. The lowest BCUT2D eigenvalue weighted by atomic mass is 10.1. The highest BCUT2D eigenvalue weighted by molar-refractivity contribution is 7.98. The van der Waals surface area contributed by atoms with E-state index >= 15 is 0 Å². The van der Waals surface area contributed by atoms with Gasteiger partial charge < -0.3 is 9.72 Å². The normalized spacial score (nSPS) is 10.9. The molecular formula is C21H29N3O4S. The predicted octanol–water partition coefficient (Wildman–Crippen LogP) is 5.19. The first-order chi connectivity index (χ1) is 14.0. The Kier molecular flexibility index (Phi) is 9.18. The summed E-state index contributed by atoms with van der Waals surface area (Å²) < 4.78 is 5.57. The monoisotopic (exact) mass is 419 g/mol. The molecule has 1 heterocycles. The van der Waals surface area contributed by atoms with Gasteiger partial charge in [0.25, 0.3) is 11.2 Å². The summed E-state index contributed by atoms with van der Waals surface area (Å²) in [5.74, 6) is 1.02. The molecular weight excluding hydrogens is 390 g/mol. The van der Waals surface area contributed by atoms with Gasteiger partial charge in [-0.15, -0.1) is 0 Å². The Labute approximate surface area is 175 Å². The number of nitro benzene ring substituents is 1. The zero-order chi connectivity index (χ0) is 21.2. The number of thioether (sulfide) groups is 1. The van der Waals surface area contributed by atoms with E-state index < -0.39 is 4.92 Å². The maximum Gasteiger partial charge on any atom is 0.270 e. The third kappa shape index (κ3) is 6.88. The molecule has 1 aromatic carbocycles. The van der Waals surface area contributed by atoms with Crippen molar-refractivity contribution in [3.05, 3.63) is 55.5 Å². The number of hydrogen-bond acceptors (Lipinski definition) is 6. The molecule has 0 radical (unpaired) electrons. The quantitative estimate of drug-likeness (QED) is 0.167. The molecule has 0 atom stereocenters. The molecule has 0 bridgehead atoms. The van der Waals surface area contributed by atoms with Crippen molar-refractivity contribution in [1.82, 2.24) is 9.97 Å². The molecule has 0 saturated heterocycles. The zero-order valence-corrected chi connectivity index (χ0v) is 18.1. The number of aromatic amines is 1. The van der Waals surface area contributed by atoms with Crippen LogP contribution >= 0.6 is 11.8 Å². The molecule has 0 unspecified atom stereocenters. The summed E-state index contributed by atoms with van der Waals surface area (Å²) in [4.78, 5) is 30.5. The molecule has 7 nitrogen and oxygen atoms in total. The molecule has 158 valence electrons. The number of nitro groups is 1. The van der Waals surface area contributed by atoms with E-state index in [4.69, 9.17) is 4.74 Å². The van der Waals surface area contributed by atoms with Crippen molar-refractivity contribution in [2.24, 2.45) is 0 Å². The Morgan fingerprint density at radius 2 is 1.97 bits per heavy atom. The SMILES string of the molecule is CCCCCCCc1c(C)nc(SCc2cc([N+](=O)[O-])ccc2OCC)[nH]c1=O. The smallest absolute Gasteiger partial charge is 0.270 e. The average Bonchev–Trinajstić information content (AvgIpc) is 2.68. The van der Waals surface area contributed by atoms with Crippen molar-refractivity contribution in [1.29, 1.82) is 0 Å². The highest BCUT2D eigenvalue weighted by Crippen LogP contribution is 2.29. The Morgan fingerprint density at radius 1 is 1.21 bits per heavy atom. The molecule has 0 amide bonds. The fourth-order valence-electron chi connectivity index (χ4n) is 3.09. The molecule has 0 spiro atoms. The number of hydrogen-bond donors (Lipinski definition) is 1. The second-order valence-corrected chi connectivity index (χ2v) is 7.83. The van der Waals surface area contributed by atoms with Crippen molar-refractivity contribution in [3.63, 3.8) is 0 Å². The van der Waals surface area contributed by atoms with Crippen LogP contribution in [0.15, 0.2) is 28.2 Å². The van der Waals surface area contributed by atoms with Gasteiger partial charge in [-0.2, -0.15) is 0 Å². The van der Waals surface area contributed by atoms with Gasteiger partial charge in [-0.25, -0.2) is 4.98 Å². The molecule has 0 aliphatic heterocycles. The highest BCUT2D eigenvalue weighted by Gasteiger charge is 2.14. The van der Waals surface area contributed by atoms with E-state index in [-0.39, 0.29) is 11.2 Å². The number of non-ortho nitro benzene ring substituents is 1. The summed E-state index contributed by atoms with van der Waals surface area (Å²) in [6.07, 6.45) is 6.47. The number of nitrogens with zero attached hydrogens (tertiary/aromatic N) is 2. The minimum Gasteiger partial charge on any atom is -0.494 e. The van der Waals surface area contributed by atoms with Crippen molar-refractivity contribution in [3.8, 4) is 5.75 Å². The molecule has 8 heteroatoms. The summed E-state index contributed by atoms with van der Waals surface area (Å²) in [6, 6.07) is 4.55. The standard InChI is InChI=1S/C21H29N3O4S/c1-4-6-7-8-9-10-18-15(3)22-21(23-20(18)25)29-14-16-13-17(24(26)27)11-12-19(16)28-5-2/h11-13H,4-10,14H2,1-3H3,(H,22,23,25). The van der Waals surface area contributed by atoms with E-state index in [1.807, 2.05) is 13.8 Å². The first-order valence-electron chi connectivity index (χ1n) is 10.1. The van der Waals surface area contributed by atoms with Gasteiger partial charge in [-0.05, 0) is 32.8 Å². The number of H-pyrrole nitrogens is 1. The van der Waals surface area contributed by atoms with E-state index in [9.17, 15) is 14.9 Å². The number of rotatable bonds is 12. The lowest BCUT2D eigenvalue weighted by molar-refractivity contribution is -0.384. The Morgan fingerprint density at radius 3 is 2.62 bits per heavy atom. The molecule has 0 fully saturated rings. The number of unbranched alkanes of at least 4 members (excludes halogenated alkanes) is 4. The van der Waals surface area contributed by atoms with Crippen LogP contribution in [0.1, 0.15) is 62.8 Å². The third-order valence-electron chi connectivity index (χ3n) is 4.65. The van der Waals surface area contributed by atoms with Crippen LogP contribution in [-0.2, 0) is 12.2 Å². The average molecular weight is 420 g/mol. The van der Waals surface area contributed by atoms with E-state index in [1.165, 1.54) is 43.2 Å². The van der Waals surface area contributed by atoms with Crippen LogP contribution in [-0.4, -0.2) is 21.5 Å². The lowest BCUT2D eigenvalue weighted by Crippen LogP contribution is -2.17. The zero-order valence-electron chi connectivity index (χ0n) is 17.3. The van der Waals surface area contributed by atoms with Gasteiger partial charge in [0.1, 0.15) is 5.75 Å².